The largest absolute Gasteiger partial charge is 0.492 e. The van der Waals surface area contributed by atoms with Crippen molar-refractivity contribution in [3.05, 3.63) is 60.2 Å². The summed E-state index contributed by atoms with van der Waals surface area (Å²) in [6, 6.07) is 11.3. The molecule has 21 heavy (non-hydrogen) atoms. The van der Waals surface area contributed by atoms with E-state index in [9.17, 15) is 17.2 Å². The molecule has 0 aromatic heterocycles. The van der Waals surface area contributed by atoms with Gasteiger partial charge in [0.2, 0.25) is 10.0 Å². The third kappa shape index (κ3) is 4.71. The van der Waals surface area contributed by atoms with E-state index in [1.807, 2.05) is 6.07 Å². The van der Waals surface area contributed by atoms with E-state index in [4.69, 9.17) is 4.74 Å². The number of sulfonamides is 1. The van der Waals surface area contributed by atoms with Gasteiger partial charge in [-0.25, -0.2) is 17.2 Å². The highest BCUT2D eigenvalue weighted by atomic mass is 32.2. The number of benzene rings is 2. The van der Waals surface area contributed by atoms with E-state index in [1.165, 1.54) is 0 Å². The third-order valence-electron chi connectivity index (χ3n) is 2.56. The highest BCUT2D eigenvalue weighted by Gasteiger charge is 2.14. The van der Waals surface area contributed by atoms with Gasteiger partial charge < -0.3 is 4.74 Å². The fourth-order valence-electron chi connectivity index (χ4n) is 1.58. The van der Waals surface area contributed by atoms with Gasteiger partial charge in [-0.1, -0.05) is 18.2 Å². The molecule has 2 aromatic carbocycles. The van der Waals surface area contributed by atoms with Crippen molar-refractivity contribution in [2.45, 2.75) is 0 Å². The molecule has 0 amide bonds. The Balaban J connectivity index is 1.93. The number of para-hydroxylation sites is 1. The molecule has 0 saturated carbocycles. The molecule has 0 spiro atoms. The average Bonchev–Trinajstić information content (AvgIpc) is 2.43. The minimum absolute atomic E-state index is 0.0812. The highest BCUT2D eigenvalue weighted by molar-refractivity contribution is 7.92. The summed E-state index contributed by atoms with van der Waals surface area (Å²) in [5, 5.41) is 0. The van der Waals surface area contributed by atoms with Crippen molar-refractivity contribution < 1.29 is 21.9 Å². The molecule has 0 aliphatic heterocycles. The van der Waals surface area contributed by atoms with Gasteiger partial charge in [-0.15, -0.1) is 0 Å². The Morgan fingerprint density at radius 3 is 2.43 bits per heavy atom. The molecule has 4 nitrogen and oxygen atoms in total. The average molecular weight is 313 g/mol. The second-order valence-electron chi connectivity index (χ2n) is 4.21. The number of hydrogen-bond donors (Lipinski definition) is 1. The zero-order valence-corrected chi connectivity index (χ0v) is 11.7. The Bertz CT molecular complexity index is 705. The van der Waals surface area contributed by atoms with E-state index in [0.717, 1.165) is 12.1 Å². The van der Waals surface area contributed by atoms with Crippen LogP contribution in [0.5, 0.6) is 5.75 Å². The fraction of sp³-hybridized carbons (Fsp3) is 0.143. The third-order valence-corrected chi connectivity index (χ3v) is 3.80. The smallest absolute Gasteiger partial charge is 0.236 e. The lowest BCUT2D eigenvalue weighted by atomic mass is 10.3. The monoisotopic (exact) mass is 313 g/mol. The molecule has 2 rings (SSSR count). The van der Waals surface area contributed by atoms with Crippen LogP contribution in [0.15, 0.2) is 48.5 Å². The first-order valence-electron chi connectivity index (χ1n) is 6.10. The molecule has 0 saturated heterocycles. The van der Waals surface area contributed by atoms with Crippen LogP contribution in [0, 0.1) is 11.6 Å². The van der Waals surface area contributed by atoms with Crippen molar-refractivity contribution >= 4 is 15.7 Å². The molecule has 0 aliphatic rings. The van der Waals surface area contributed by atoms with E-state index in [1.54, 1.807) is 24.3 Å². The number of rotatable bonds is 6. The van der Waals surface area contributed by atoms with Gasteiger partial charge >= 0.3 is 0 Å². The zero-order chi connectivity index (χ0) is 15.3. The van der Waals surface area contributed by atoms with Gasteiger partial charge in [0.05, 0.1) is 5.69 Å². The van der Waals surface area contributed by atoms with Gasteiger partial charge in [-0.2, -0.15) is 0 Å². The topological polar surface area (TPSA) is 55.4 Å². The molecular weight excluding hydrogens is 300 g/mol. The number of hydrogen-bond acceptors (Lipinski definition) is 3. The van der Waals surface area contributed by atoms with Crippen LogP contribution in [-0.4, -0.2) is 20.8 Å². The van der Waals surface area contributed by atoms with Crippen LogP contribution in [0.4, 0.5) is 14.5 Å². The quantitative estimate of drug-likeness (QED) is 0.892. The predicted molar refractivity (Wildman–Crippen MR) is 75.7 cm³/mol. The summed E-state index contributed by atoms with van der Waals surface area (Å²) in [5.41, 5.74) is -0.295. The van der Waals surface area contributed by atoms with Crippen LogP contribution in [0.25, 0.3) is 0 Å². The predicted octanol–water partition coefficient (Wildman–Crippen LogP) is 2.79. The lowest BCUT2D eigenvalue weighted by molar-refractivity contribution is 0.341. The number of ether oxygens (including phenoxy) is 1. The molecule has 1 N–H and O–H groups in total. The normalized spacial score (nSPS) is 11.1. The van der Waals surface area contributed by atoms with Crippen LogP contribution in [-0.2, 0) is 10.0 Å². The van der Waals surface area contributed by atoms with Crippen molar-refractivity contribution in [2.75, 3.05) is 17.1 Å². The summed E-state index contributed by atoms with van der Waals surface area (Å²) in [4.78, 5) is 0. The van der Waals surface area contributed by atoms with Crippen molar-refractivity contribution in [2.24, 2.45) is 0 Å². The molecule has 0 atom stereocenters. The van der Waals surface area contributed by atoms with Crippen molar-refractivity contribution in [3.8, 4) is 5.75 Å². The second-order valence-corrected chi connectivity index (χ2v) is 6.05. The molecule has 0 fully saturated rings. The lowest BCUT2D eigenvalue weighted by Crippen LogP contribution is -2.21. The standard InChI is InChI=1S/C14H13F2NO3S/c15-11-6-7-14(13(16)10-11)17-21(18,19)9-8-20-12-4-2-1-3-5-12/h1-7,10,17H,8-9H2. The first-order chi connectivity index (χ1) is 9.96. The van der Waals surface area contributed by atoms with E-state index >= 15 is 0 Å². The van der Waals surface area contributed by atoms with Crippen LogP contribution in [0.2, 0.25) is 0 Å². The Kier molecular flexibility index (Phi) is 4.74. The summed E-state index contributed by atoms with van der Waals surface area (Å²) >= 11 is 0. The van der Waals surface area contributed by atoms with Crippen LogP contribution in [0.1, 0.15) is 0 Å². The first-order valence-corrected chi connectivity index (χ1v) is 7.75. The van der Waals surface area contributed by atoms with Crippen molar-refractivity contribution in [3.63, 3.8) is 0 Å². The highest BCUT2D eigenvalue weighted by Crippen LogP contribution is 2.16. The molecular formula is C14H13F2NO3S. The molecule has 2 aromatic rings. The Morgan fingerprint density at radius 2 is 1.76 bits per heavy atom. The van der Waals surface area contributed by atoms with Gasteiger partial charge in [0.15, 0.2) is 0 Å². The Labute approximate surface area is 121 Å². The van der Waals surface area contributed by atoms with Gasteiger partial charge in [-0.05, 0) is 24.3 Å². The Morgan fingerprint density at radius 1 is 1.05 bits per heavy atom. The van der Waals surface area contributed by atoms with Crippen molar-refractivity contribution in [1.29, 1.82) is 0 Å². The molecule has 112 valence electrons. The number of anilines is 1. The summed E-state index contributed by atoms with van der Waals surface area (Å²) in [6.07, 6.45) is 0. The van der Waals surface area contributed by atoms with Gasteiger partial charge in [0.25, 0.3) is 0 Å². The minimum Gasteiger partial charge on any atom is -0.492 e. The maximum absolute atomic E-state index is 13.4. The maximum atomic E-state index is 13.4. The Hall–Kier alpha value is -2.15. The molecule has 0 unspecified atom stereocenters. The SMILES string of the molecule is O=S(=O)(CCOc1ccccc1)Nc1ccc(F)cc1F. The molecule has 0 radical (unpaired) electrons. The summed E-state index contributed by atoms with van der Waals surface area (Å²) < 4.78 is 57.0. The zero-order valence-electron chi connectivity index (χ0n) is 10.9. The van der Waals surface area contributed by atoms with Crippen molar-refractivity contribution in [1.82, 2.24) is 0 Å². The molecule has 0 bridgehead atoms. The fourth-order valence-corrected chi connectivity index (χ4v) is 2.48. The summed E-state index contributed by atoms with van der Waals surface area (Å²) in [6.45, 7) is -0.0812. The van der Waals surface area contributed by atoms with Gasteiger partial charge in [0.1, 0.15) is 29.7 Å². The van der Waals surface area contributed by atoms with E-state index in [-0.39, 0.29) is 18.0 Å². The summed E-state index contributed by atoms with van der Waals surface area (Å²) in [5.74, 6) is -1.55. The number of halogens is 2. The van der Waals surface area contributed by atoms with Crippen LogP contribution in [0.3, 0.4) is 0 Å². The first kappa shape index (κ1) is 15.2. The number of nitrogens with one attached hydrogen (secondary N) is 1. The van der Waals surface area contributed by atoms with E-state index < -0.39 is 21.7 Å². The van der Waals surface area contributed by atoms with Crippen LogP contribution >= 0.6 is 0 Å². The minimum atomic E-state index is -3.78. The molecule has 0 heterocycles. The van der Waals surface area contributed by atoms with Crippen LogP contribution < -0.4 is 9.46 Å². The molecule has 0 aliphatic carbocycles. The summed E-state index contributed by atoms with van der Waals surface area (Å²) in [7, 11) is -3.78. The van der Waals surface area contributed by atoms with E-state index in [0.29, 0.717) is 11.8 Å². The second kappa shape index (κ2) is 6.53. The van der Waals surface area contributed by atoms with Gasteiger partial charge in [0, 0.05) is 6.07 Å². The van der Waals surface area contributed by atoms with E-state index in [2.05, 4.69) is 4.72 Å². The molecule has 7 heteroatoms. The van der Waals surface area contributed by atoms with Gasteiger partial charge in [-0.3, -0.25) is 4.72 Å². The maximum Gasteiger partial charge on any atom is 0.236 e. The lowest BCUT2D eigenvalue weighted by Gasteiger charge is -2.10.